The van der Waals surface area contributed by atoms with Crippen LogP contribution in [0, 0.1) is 11.3 Å². The largest absolute Gasteiger partial charge is 0.439 e. The molecular formula is C21H14N4O3. The molecule has 0 fully saturated rings. The molecule has 0 aliphatic carbocycles. The summed E-state index contributed by atoms with van der Waals surface area (Å²) in [4.78, 5) is 26.8. The molecule has 0 radical (unpaired) electrons. The number of hydrogen-bond donors (Lipinski definition) is 2. The lowest BCUT2D eigenvalue weighted by atomic mass is 9.69. The molecule has 2 aromatic carbocycles. The summed E-state index contributed by atoms with van der Waals surface area (Å²) in [6.45, 7) is 0. The highest BCUT2D eigenvalue weighted by Crippen LogP contribution is 2.53. The van der Waals surface area contributed by atoms with E-state index < -0.39 is 16.9 Å². The number of rotatable bonds is 0. The number of carbonyl (C=O) groups excluding carboxylic acids is 1. The first-order chi connectivity index (χ1) is 13.5. The van der Waals surface area contributed by atoms with Crippen LogP contribution >= 0.6 is 0 Å². The Balaban J connectivity index is 2.06. The number of fused-ring (bicyclic) bond motifs is 6. The smallest absolute Gasteiger partial charge is 0.259 e. The molecule has 1 spiro atoms. The van der Waals surface area contributed by atoms with Gasteiger partial charge in [0, 0.05) is 23.7 Å². The van der Waals surface area contributed by atoms with E-state index in [-0.39, 0.29) is 22.8 Å². The summed E-state index contributed by atoms with van der Waals surface area (Å²) >= 11 is 0. The molecule has 28 heavy (non-hydrogen) atoms. The van der Waals surface area contributed by atoms with Crippen LogP contribution in [-0.2, 0) is 17.3 Å². The summed E-state index contributed by atoms with van der Waals surface area (Å²) in [7, 11) is 1.63. The number of benzene rings is 2. The number of nitrogens with one attached hydrogen (secondary N) is 1. The van der Waals surface area contributed by atoms with Crippen molar-refractivity contribution in [3.05, 3.63) is 81.5 Å². The number of carbonyl (C=O) groups is 1. The summed E-state index contributed by atoms with van der Waals surface area (Å²) in [6.07, 6.45) is 0. The van der Waals surface area contributed by atoms with E-state index in [2.05, 4.69) is 5.32 Å². The average molecular weight is 370 g/mol. The van der Waals surface area contributed by atoms with E-state index in [1.807, 2.05) is 18.2 Å². The minimum atomic E-state index is -1.65. The Bertz CT molecular complexity index is 1350. The molecule has 0 saturated carbocycles. The van der Waals surface area contributed by atoms with Gasteiger partial charge in [-0.05, 0) is 18.2 Å². The predicted octanol–water partition coefficient (Wildman–Crippen LogP) is 1.86. The van der Waals surface area contributed by atoms with Gasteiger partial charge in [0.05, 0.1) is 11.1 Å². The Morgan fingerprint density at radius 1 is 1.14 bits per heavy atom. The van der Waals surface area contributed by atoms with Gasteiger partial charge in [-0.2, -0.15) is 5.26 Å². The van der Waals surface area contributed by atoms with Gasteiger partial charge in [0.1, 0.15) is 17.4 Å². The molecule has 1 aromatic heterocycles. The summed E-state index contributed by atoms with van der Waals surface area (Å²) in [6, 6.07) is 16.2. The van der Waals surface area contributed by atoms with Crippen molar-refractivity contribution in [3.63, 3.8) is 0 Å². The molecule has 3 aromatic rings. The normalized spacial score (nSPS) is 19.8. The Labute approximate surface area is 159 Å². The summed E-state index contributed by atoms with van der Waals surface area (Å²) in [5.41, 5.74) is 5.74. The van der Waals surface area contributed by atoms with Gasteiger partial charge in [0.25, 0.3) is 5.56 Å². The van der Waals surface area contributed by atoms with Crippen molar-refractivity contribution < 1.29 is 9.53 Å². The topological polar surface area (TPSA) is 110 Å². The van der Waals surface area contributed by atoms with E-state index in [0.717, 1.165) is 0 Å². The Kier molecular flexibility index (Phi) is 3.02. The molecule has 1 amide bonds. The number of nitriles is 1. The standard InChI is InChI=1S/C21H14N4O3/c1-25-15-9-5-2-6-11(15)17-16(19(25)26)21(13(10-22)18(23)28-17)12-7-3-4-8-14(12)24-20(21)27/h2-9H,23H2,1H3,(H,24,27)/t21-/m1/s1. The fraction of sp³-hybridized carbons (Fsp3) is 0.0952. The molecule has 136 valence electrons. The van der Waals surface area contributed by atoms with E-state index in [1.165, 1.54) is 4.57 Å². The van der Waals surface area contributed by atoms with Gasteiger partial charge in [-0.15, -0.1) is 0 Å². The van der Waals surface area contributed by atoms with Crippen molar-refractivity contribution in [2.45, 2.75) is 5.41 Å². The van der Waals surface area contributed by atoms with Gasteiger partial charge >= 0.3 is 0 Å². The molecule has 0 saturated heterocycles. The number of para-hydroxylation sites is 2. The Morgan fingerprint density at radius 2 is 1.86 bits per heavy atom. The second kappa shape index (κ2) is 5.24. The predicted molar refractivity (Wildman–Crippen MR) is 102 cm³/mol. The lowest BCUT2D eigenvalue weighted by Gasteiger charge is -2.34. The zero-order chi connectivity index (χ0) is 19.6. The molecule has 0 bridgehead atoms. The van der Waals surface area contributed by atoms with E-state index >= 15 is 0 Å². The number of nitrogens with zero attached hydrogens (tertiary/aromatic N) is 2. The third-order valence-corrected chi connectivity index (χ3v) is 5.50. The minimum Gasteiger partial charge on any atom is -0.439 e. The van der Waals surface area contributed by atoms with Crippen LogP contribution in [0.25, 0.3) is 10.9 Å². The van der Waals surface area contributed by atoms with Gasteiger partial charge in [0.15, 0.2) is 5.41 Å². The monoisotopic (exact) mass is 370 g/mol. The van der Waals surface area contributed by atoms with Crippen LogP contribution in [0.5, 0.6) is 5.75 Å². The average Bonchev–Trinajstić information content (AvgIpc) is 2.99. The van der Waals surface area contributed by atoms with E-state index in [9.17, 15) is 14.9 Å². The number of anilines is 1. The Morgan fingerprint density at radius 3 is 2.64 bits per heavy atom. The zero-order valence-electron chi connectivity index (χ0n) is 14.8. The van der Waals surface area contributed by atoms with Crippen LogP contribution in [0.15, 0.2) is 64.8 Å². The van der Waals surface area contributed by atoms with Crippen LogP contribution < -0.4 is 21.3 Å². The van der Waals surface area contributed by atoms with Crippen LogP contribution in [0.4, 0.5) is 5.69 Å². The van der Waals surface area contributed by atoms with E-state index in [1.54, 1.807) is 43.4 Å². The molecule has 5 rings (SSSR count). The second-order valence-electron chi connectivity index (χ2n) is 6.79. The maximum Gasteiger partial charge on any atom is 0.259 e. The van der Waals surface area contributed by atoms with E-state index in [0.29, 0.717) is 22.2 Å². The molecule has 3 N–H and O–H groups in total. The third-order valence-electron chi connectivity index (χ3n) is 5.50. The van der Waals surface area contributed by atoms with Crippen molar-refractivity contribution in [1.29, 1.82) is 5.26 Å². The van der Waals surface area contributed by atoms with Crippen LogP contribution in [0.3, 0.4) is 0 Å². The number of pyridine rings is 1. The molecule has 7 nitrogen and oxygen atoms in total. The molecule has 7 heteroatoms. The Hall–Kier alpha value is -4.05. The quantitative estimate of drug-likeness (QED) is 0.628. The fourth-order valence-corrected chi connectivity index (χ4v) is 4.27. The number of aryl methyl sites for hydroxylation is 1. The highest BCUT2D eigenvalue weighted by Gasteiger charge is 2.58. The zero-order valence-corrected chi connectivity index (χ0v) is 14.8. The highest BCUT2D eigenvalue weighted by atomic mass is 16.5. The highest BCUT2D eigenvalue weighted by molar-refractivity contribution is 6.13. The van der Waals surface area contributed by atoms with Crippen LogP contribution in [0.1, 0.15) is 11.1 Å². The first-order valence-electron chi connectivity index (χ1n) is 8.63. The van der Waals surface area contributed by atoms with Crippen LogP contribution in [-0.4, -0.2) is 10.5 Å². The minimum absolute atomic E-state index is 0.0881. The first kappa shape index (κ1) is 16.1. The third kappa shape index (κ3) is 1.67. The summed E-state index contributed by atoms with van der Waals surface area (Å²) in [5, 5.41) is 13.3. The first-order valence-corrected chi connectivity index (χ1v) is 8.63. The van der Waals surface area contributed by atoms with Gasteiger partial charge in [-0.3, -0.25) is 9.59 Å². The van der Waals surface area contributed by atoms with Gasteiger partial charge in [-0.1, -0.05) is 30.3 Å². The molecule has 3 heterocycles. The molecular weight excluding hydrogens is 356 g/mol. The lowest BCUT2D eigenvalue weighted by Crippen LogP contribution is -2.47. The number of amides is 1. The van der Waals surface area contributed by atoms with E-state index in [4.69, 9.17) is 10.5 Å². The molecule has 2 aliphatic heterocycles. The summed E-state index contributed by atoms with van der Waals surface area (Å²) in [5.74, 6) is -0.465. The maximum absolute atomic E-state index is 13.4. The lowest BCUT2D eigenvalue weighted by molar-refractivity contribution is -0.118. The molecule has 0 unspecified atom stereocenters. The van der Waals surface area contributed by atoms with Gasteiger partial charge in [0.2, 0.25) is 11.8 Å². The van der Waals surface area contributed by atoms with Crippen molar-refractivity contribution in [1.82, 2.24) is 4.57 Å². The summed E-state index contributed by atoms with van der Waals surface area (Å²) < 4.78 is 7.24. The van der Waals surface area contributed by atoms with Crippen molar-refractivity contribution >= 4 is 22.5 Å². The van der Waals surface area contributed by atoms with Gasteiger partial charge < -0.3 is 20.4 Å². The SMILES string of the molecule is Cn1c(=O)c2c(c3ccccc31)OC(N)=C(C#N)[C@@]21C(=O)Nc2ccccc21. The molecule has 2 aliphatic rings. The van der Waals surface area contributed by atoms with Gasteiger partial charge in [-0.25, -0.2) is 0 Å². The number of ether oxygens (including phenoxy) is 1. The number of nitrogens with two attached hydrogens (primary N) is 1. The fourth-order valence-electron chi connectivity index (χ4n) is 4.27. The molecule has 1 atom stereocenters. The van der Waals surface area contributed by atoms with Crippen LogP contribution in [0.2, 0.25) is 0 Å². The second-order valence-corrected chi connectivity index (χ2v) is 6.79. The maximum atomic E-state index is 13.4. The van der Waals surface area contributed by atoms with Crippen molar-refractivity contribution in [2.24, 2.45) is 12.8 Å². The number of aromatic nitrogens is 1. The number of hydrogen-bond acceptors (Lipinski definition) is 5. The van der Waals surface area contributed by atoms with Crippen molar-refractivity contribution in [3.8, 4) is 11.8 Å². The van der Waals surface area contributed by atoms with Crippen molar-refractivity contribution in [2.75, 3.05) is 5.32 Å².